The summed E-state index contributed by atoms with van der Waals surface area (Å²) in [6.45, 7) is 3.20. The van der Waals surface area contributed by atoms with Crippen molar-refractivity contribution in [1.29, 1.82) is 0 Å². The molecule has 11 heteroatoms. The van der Waals surface area contributed by atoms with Crippen molar-refractivity contribution >= 4 is 0 Å². The summed E-state index contributed by atoms with van der Waals surface area (Å²) in [7, 11) is 1.57. The molecular weight excluding hydrogens is 514 g/mol. The van der Waals surface area contributed by atoms with E-state index in [1.54, 1.807) is 13.3 Å². The van der Waals surface area contributed by atoms with Gasteiger partial charge >= 0.3 is 0 Å². The third-order valence-corrected chi connectivity index (χ3v) is 6.93. The first-order valence-corrected chi connectivity index (χ1v) is 13.0. The second-order valence-corrected chi connectivity index (χ2v) is 9.63. The van der Waals surface area contributed by atoms with Crippen molar-refractivity contribution in [3.63, 3.8) is 0 Å². The van der Waals surface area contributed by atoms with E-state index in [9.17, 15) is 15.3 Å². The number of hydrogen-bond donors (Lipinski definition) is 4. The molecule has 1 aliphatic rings. The number of methoxy groups -OCH3 is 1. The van der Waals surface area contributed by atoms with Crippen molar-refractivity contribution in [3.8, 4) is 22.9 Å². The summed E-state index contributed by atoms with van der Waals surface area (Å²) < 4.78 is 18.3. The molecule has 4 N–H and O–H groups in total. The number of nitrogens with zero attached hydrogens (tertiary/aromatic N) is 4. The number of ether oxygens (including phenoxy) is 3. The second kappa shape index (κ2) is 12.5. The zero-order valence-electron chi connectivity index (χ0n) is 22.3. The molecule has 5 rings (SSSR count). The van der Waals surface area contributed by atoms with Crippen LogP contribution in [-0.4, -0.2) is 67.3 Å². The van der Waals surface area contributed by atoms with Gasteiger partial charge in [-0.25, -0.2) is 4.68 Å². The van der Waals surface area contributed by atoms with Crippen LogP contribution in [-0.2, 0) is 24.4 Å². The lowest BCUT2D eigenvalue weighted by molar-refractivity contribution is -0.214. The van der Waals surface area contributed by atoms with Crippen LogP contribution < -0.4 is 14.8 Å². The molecule has 1 saturated heterocycles. The average Bonchev–Trinajstić information content (AvgIpc) is 3.45. The number of aliphatic hydroxyl groups excluding tert-OH is 3. The largest absolute Gasteiger partial charge is 0.481 e. The maximum Gasteiger partial charge on any atom is 0.220 e. The highest BCUT2D eigenvalue weighted by molar-refractivity contribution is 5.68. The Balaban J connectivity index is 1.17. The number of benzene rings is 2. The Morgan fingerprint density at radius 3 is 2.60 bits per heavy atom. The van der Waals surface area contributed by atoms with Gasteiger partial charge in [-0.05, 0) is 35.2 Å². The Bertz CT molecular complexity index is 1420. The van der Waals surface area contributed by atoms with Gasteiger partial charge < -0.3 is 34.8 Å². The lowest BCUT2D eigenvalue weighted by atomic mass is 9.97. The van der Waals surface area contributed by atoms with E-state index in [-0.39, 0.29) is 6.61 Å². The first kappa shape index (κ1) is 27.7. The molecule has 40 heavy (non-hydrogen) atoms. The first-order valence-electron chi connectivity index (χ1n) is 13.0. The van der Waals surface area contributed by atoms with Gasteiger partial charge in [0.1, 0.15) is 24.9 Å². The van der Waals surface area contributed by atoms with E-state index in [2.05, 4.69) is 51.8 Å². The fourth-order valence-corrected chi connectivity index (χ4v) is 4.63. The predicted molar refractivity (Wildman–Crippen MR) is 145 cm³/mol. The van der Waals surface area contributed by atoms with Crippen molar-refractivity contribution in [2.45, 2.75) is 51.2 Å². The van der Waals surface area contributed by atoms with Crippen LogP contribution in [0.2, 0.25) is 0 Å². The smallest absolute Gasteiger partial charge is 0.220 e. The normalized spacial score (nSPS) is 20.8. The molecule has 1 fully saturated rings. The zero-order valence-corrected chi connectivity index (χ0v) is 22.3. The van der Waals surface area contributed by atoms with Crippen molar-refractivity contribution < 1.29 is 29.5 Å². The standard InChI is InChI=1S/C29H33N5O6/c1-18-21(9-6-10-23(18)19-7-4-3-5-8-19)16-39-25-12-11-20(28(31-25)38-2)13-30-14-22-15-34(33-32-22)29-27(37)26(36)24(35)17-40-29/h3-12,15,24,26-27,29-30,35-37H,13-14,16-17H2,1-2H3/t24-,26-,27-,29-/m1/s1. The minimum Gasteiger partial charge on any atom is -0.481 e. The summed E-state index contributed by atoms with van der Waals surface area (Å²) in [5.41, 5.74) is 6.03. The first-order chi connectivity index (χ1) is 19.4. The number of rotatable bonds is 10. The maximum atomic E-state index is 10.2. The molecule has 4 atom stereocenters. The van der Waals surface area contributed by atoms with Gasteiger partial charge in [0.25, 0.3) is 0 Å². The highest BCUT2D eigenvalue weighted by atomic mass is 16.5. The molecule has 0 spiro atoms. The van der Waals surface area contributed by atoms with Gasteiger partial charge in [-0.1, -0.05) is 53.7 Å². The van der Waals surface area contributed by atoms with Gasteiger partial charge in [0.05, 0.1) is 25.6 Å². The second-order valence-electron chi connectivity index (χ2n) is 9.63. The van der Waals surface area contributed by atoms with E-state index in [0.29, 0.717) is 37.2 Å². The lowest BCUT2D eigenvalue weighted by Gasteiger charge is -2.34. The summed E-state index contributed by atoms with van der Waals surface area (Å²) in [5, 5.41) is 41.1. The fraction of sp³-hybridized carbons (Fsp3) is 0.345. The van der Waals surface area contributed by atoms with E-state index in [1.807, 2.05) is 36.4 Å². The minimum atomic E-state index is -1.32. The molecule has 0 saturated carbocycles. The third-order valence-electron chi connectivity index (χ3n) is 6.93. The summed E-state index contributed by atoms with van der Waals surface area (Å²) >= 11 is 0. The lowest BCUT2D eigenvalue weighted by Crippen LogP contribution is -2.50. The Kier molecular flexibility index (Phi) is 8.68. The summed E-state index contributed by atoms with van der Waals surface area (Å²) in [6, 6.07) is 20.2. The van der Waals surface area contributed by atoms with Crippen molar-refractivity contribution in [2.75, 3.05) is 13.7 Å². The third kappa shape index (κ3) is 6.14. The van der Waals surface area contributed by atoms with Crippen LogP contribution in [0.1, 0.15) is 28.6 Å². The van der Waals surface area contributed by atoms with E-state index < -0.39 is 24.5 Å². The van der Waals surface area contributed by atoms with E-state index in [1.165, 1.54) is 15.8 Å². The number of pyridine rings is 1. The van der Waals surface area contributed by atoms with Crippen molar-refractivity contribution in [2.24, 2.45) is 0 Å². The molecule has 3 heterocycles. The van der Waals surface area contributed by atoms with Gasteiger partial charge in [-0.2, -0.15) is 4.98 Å². The molecule has 0 bridgehead atoms. The molecule has 11 nitrogen and oxygen atoms in total. The van der Waals surface area contributed by atoms with Gasteiger partial charge in [-0.3, -0.25) is 0 Å². The number of nitrogens with one attached hydrogen (secondary N) is 1. The van der Waals surface area contributed by atoms with Crippen LogP contribution in [0.4, 0.5) is 0 Å². The maximum absolute atomic E-state index is 10.2. The fourth-order valence-electron chi connectivity index (χ4n) is 4.63. The predicted octanol–water partition coefficient (Wildman–Crippen LogP) is 2.14. The molecule has 2 aromatic carbocycles. The van der Waals surface area contributed by atoms with Gasteiger partial charge in [0.2, 0.25) is 11.8 Å². The molecular formula is C29H33N5O6. The molecule has 0 aliphatic carbocycles. The Morgan fingerprint density at radius 1 is 0.975 bits per heavy atom. The number of aliphatic hydroxyl groups is 3. The van der Waals surface area contributed by atoms with Crippen LogP contribution in [0.5, 0.6) is 11.8 Å². The number of hydrogen-bond acceptors (Lipinski definition) is 10. The molecule has 0 radical (unpaired) electrons. The minimum absolute atomic E-state index is 0.109. The summed E-state index contributed by atoms with van der Waals surface area (Å²) in [5.74, 6) is 0.918. The molecule has 0 amide bonds. The summed E-state index contributed by atoms with van der Waals surface area (Å²) in [6.07, 6.45) is -3.10. The molecule has 4 aromatic rings. The molecule has 210 valence electrons. The van der Waals surface area contributed by atoms with E-state index in [4.69, 9.17) is 14.2 Å². The Hall–Kier alpha value is -3.87. The topological polar surface area (TPSA) is 144 Å². The Labute approximate surface area is 232 Å². The quantitative estimate of drug-likeness (QED) is 0.233. The van der Waals surface area contributed by atoms with Crippen molar-refractivity contribution in [3.05, 3.63) is 89.2 Å². The highest BCUT2D eigenvalue weighted by Crippen LogP contribution is 2.27. The SMILES string of the molecule is COc1nc(OCc2cccc(-c3ccccc3)c2C)ccc1CNCc1cn([C@@H]2OC[C@@H](O)[C@@H](O)[C@H]2O)nn1. The van der Waals surface area contributed by atoms with Crippen LogP contribution in [0.25, 0.3) is 11.1 Å². The van der Waals surface area contributed by atoms with Gasteiger partial charge in [0.15, 0.2) is 6.23 Å². The van der Waals surface area contributed by atoms with Gasteiger partial charge in [-0.15, -0.1) is 5.10 Å². The Morgan fingerprint density at radius 2 is 1.80 bits per heavy atom. The van der Waals surface area contributed by atoms with Gasteiger partial charge in [0, 0.05) is 24.7 Å². The highest BCUT2D eigenvalue weighted by Gasteiger charge is 2.39. The van der Waals surface area contributed by atoms with Crippen LogP contribution in [0, 0.1) is 6.92 Å². The van der Waals surface area contributed by atoms with Crippen LogP contribution >= 0.6 is 0 Å². The van der Waals surface area contributed by atoms with Crippen LogP contribution in [0.15, 0.2) is 66.9 Å². The van der Waals surface area contributed by atoms with E-state index in [0.717, 1.165) is 16.7 Å². The number of aromatic nitrogens is 4. The molecule has 1 aliphatic heterocycles. The van der Waals surface area contributed by atoms with Crippen molar-refractivity contribution in [1.82, 2.24) is 25.3 Å². The van der Waals surface area contributed by atoms with E-state index >= 15 is 0 Å². The monoisotopic (exact) mass is 547 g/mol. The molecule has 2 aromatic heterocycles. The molecule has 0 unspecified atom stereocenters. The summed E-state index contributed by atoms with van der Waals surface area (Å²) in [4.78, 5) is 4.52. The average molecular weight is 548 g/mol. The van der Waals surface area contributed by atoms with Crippen LogP contribution in [0.3, 0.4) is 0 Å². The zero-order chi connectivity index (χ0) is 28.1.